The molecule has 114 valence electrons. The normalized spacial score (nSPS) is 29.9. The second-order valence-electron chi connectivity index (χ2n) is 6.12. The second kappa shape index (κ2) is 5.02. The second-order valence-corrected chi connectivity index (χ2v) is 8.38. The van der Waals surface area contributed by atoms with E-state index in [1.54, 1.807) is 0 Å². The molecule has 0 bridgehead atoms. The van der Waals surface area contributed by atoms with Crippen molar-refractivity contribution in [2.45, 2.75) is 38.6 Å². The maximum Gasteiger partial charge on any atom is 0.325 e. The van der Waals surface area contributed by atoms with Gasteiger partial charge in [-0.15, -0.1) is 0 Å². The summed E-state index contributed by atoms with van der Waals surface area (Å²) in [6, 6.07) is -0.459. The number of nitrogens with one attached hydrogen (secondary N) is 1. The molecular formula is C13H22N2O4S. The molecule has 2 aliphatic rings. The predicted molar refractivity (Wildman–Crippen MR) is 74.9 cm³/mol. The minimum Gasteiger partial charge on any atom is -0.323 e. The van der Waals surface area contributed by atoms with Gasteiger partial charge in [0.1, 0.15) is 15.4 Å². The molecule has 1 N–H and O–H groups in total. The fourth-order valence-corrected chi connectivity index (χ4v) is 3.93. The number of amides is 3. The first-order valence-electron chi connectivity index (χ1n) is 7.00. The summed E-state index contributed by atoms with van der Waals surface area (Å²) in [6.45, 7) is 3.90. The molecule has 2 atom stereocenters. The smallest absolute Gasteiger partial charge is 0.323 e. The maximum atomic E-state index is 12.7. The third-order valence-electron chi connectivity index (χ3n) is 4.67. The minimum absolute atomic E-state index is 0.0648. The van der Waals surface area contributed by atoms with Gasteiger partial charge in [0, 0.05) is 12.8 Å². The first-order valence-corrected chi connectivity index (χ1v) is 9.06. The van der Waals surface area contributed by atoms with Crippen molar-refractivity contribution in [3.63, 3.8) is 0 Å². The molecule has 20 heavy (non-hydrogen) atoms. The minimum atomic E-state index is -3.20. The first-order chi connectivity index (χ1) is 9.18. The van der Waals surface area contributed by atoms with E-state index in [0.29, 0.717) is 0 Å². The van der Waals surface area contributed by atoms with Crippen LogP contribution >= 0.6 is 0 Å². The van der Waals surface area contributed by atoms with Crippen LogP contribution in [-0.2, 0) is 14.6 Å². The van der Waals surface area contributed by atoms with E-state index < -0.39 is 21.4 Å². The highest BCUT2D eigenvalue weighted by Crippen LogP contribution is 2.42. The molecule has 2 fully saturated rings. The number of nitrogens with zero attached hydrogens (tertiary/aromatic N) is 1. The van der Waals surface area contributed by atoms with Crippen LogP contribution in [0.25, 0.3) is 0 Å². The molecule has 1 spiro atoms. The van der Waals surface area contributed by atoms with Gasteiger partial charge in [0.2, 0.25) is 0 Å². The average molecular weight is 302 g/mol. The van der Waals surface area contributed by atoms with E-state index in [1.165, 1.54) is 0 Å². The van der Waals surface area contributed by atoms with Gasteiger partial charge in [-0.3, -0.25) is 9.69 Å². The van der Waals surface area contributed by atoms with Crippen molar-refractivity contribution < 1.29 is 18.0 Å². The van der Waals surface area contributed by atoms with E-state index in [0.717, 1.165) is 30.4 Å². The van der Waals surface area contributed by atoms with Crippen LogP contribution in [0.2, 0.25) is 0 Å². The quantitative estimate of drug-likeness (QED) is 0.781. The summed E-state index contributed by atoms with van der Waals surface area (Å²) in [5, 5.41) is 2.85. The van der Waals surface area contributed by atoms with E-state index in [4.69, 9.17) is 0 Å². The van der Waals surface area contributed by atoms with Crippen LogP contribution in [0.3, 0.4) is 0 Å². The molecule has 1 aliphatic carbocycles. The Morgan fingerprint density at radius 3 is 2.30 bits per heavy atom. The summed E-state index contributed by atoms with van der Waals surface area (Å²) in [5.74, 6) is -0.298. The zero-order valence-electron chi connectivity index (χ0n) is 12.2. The summed E-state index contributed by atoms with van der Waals surface area (Å²) >= 11 is 0. The lowest BCUT2D eigenvalue weighted by Gasteiger charge is -2.42. The molecular weight excluding hydrogens is 280 g/mol. The molecule has 0 radical (unpaired) electrons. The van der Waals surface area contributed by atoms with Crippen molar-refractivity contribution in [2.75, 3.05) is 18.6 Å². The van der Waals surface area contributed by atoms with Crippen molar-refractivity contribution >= 4 is 21.8 Å². The Morgan fingerprint density at radius 1 is 1.25 bits per heavy atom. The molecule has 0 unspecified atom stereocenters. The van der Waals surface area contributed by atoms with E-state index in [2.05, 4.69) is 5.32 Å². The number of imide groups is 1. The Hall–Kier alpha value is -1.11. The first kappa shape index (κ1) is 15.3. The van der Waals surface area contributed by atoms with E-state index in [1.807, 2.05) is 13.8 Å². The third-order valence-corrected chi connectivity index (χ3v) is 5.60. The fourth-order valence-electron chi connectivity index (χ4n) is 3.41. The van der Waals surface area contributed by atoms with Gasteiger partial charge in [-0.2, -0.15) is 0 Å². The third kappa shape index (κ3) is 2.43. The van der Waals surface area contributed by atoms with Gasteiger partial charge in [0.05, 0.1) is 5.75 Å². The molecule has 1 saturated carbocycles. The standard InChI is InChI=1S/C13H22N2O4S/c1-9-5-4-6-10(2)13(9)11(16)15(12(17)14-13)7-8-20(3,18)19/h9-10H,4-8H2,1-3H3,(H,14,17)/t9-,10-/m1/s1. The summed E-state index contributed by atoms with van der Waals surface area (Å²) < 4.78 is 22.5. The Bertz CT molecular complexity index is 518. The van der Waals surface area contributed by atoms with Crippen LogP contribution in [0.1, 0.15) is 33.1 Å². The van der Waals surface area contributed by atoms with Crippen LogP contribution < -0.4 is 5.32 Å². The van der Waals surface area contributed by atoms with Crippen LogP contribution in [0.15, 0.2) is 0 Å². The summed E-state index contributed by atoms with van der Waals surface area (Å²) in [6.07, 6.45) is 3.95. The molecule has 1 saturated heterocycles. The molecule has 2 rings (SSSR count). The van der Waals surface area contributed by atoms with Crippen LogP contribution in [0.5, 0.6) is 0 Å². The van der Waals surface area contributed by atoms with Gasteiger partial charge in [0.25, 0.3) is 5.91 Å². The lowest BCUT2D eigenvalue weighted by molar-refractivity contribution is -0.136. The van der Waals surface area contributed by atoms with Gasteiger partial charge >= 0.3 is 6.03 Å². The summed E-state index contributed by atoms with van der Waals surface area (Å²) in [4.78, 5) is 25.8. The molecule has 0 aromatic rings. The largest absolute Gasteiger partial charge is 0.325 e. The topological polar surface area (TPSA) is 83.6 Å². The fraction of sp³-hybridized carbons (Fsp3) is 0.846. The van der Waals surface area contributed by atoms with Crippen molar-refractivity contribution in [1.82, 2.24) is 10.2 Å². The maximum absolute atomic E-state index is 12.7. The zero-order valence-corrected chi connectivity index (χ0v) is 13.0. The SMILES string of the molecule is C[C@@H]1CCC[C@@H](C)C12NC(=O)N(CCS(C)(=O)=O)C2=O. The van der Waals surface area contributed by atoms with E-state index in [-0.39, 0.29) is 30.0 Å². The Kier molecular flexibility index (Phi) is 3.83. The number of hydrogen-bond acceptors (Lipinski definition) is 4. The van der Waals surface area contributed by atoms with E-state index in [9.17, 15) is 18.0 Å². The summed E-state index contributed by atoms with van der Waals surface area (Å²) in [5.41, 5.74) is -0.840. The highest BCUT2D eigenvalue weighted by atomic mass is 32.2. The molecule has 0 aromatic carbocycles. The molecule has 7 heteroatoms. The Labute approximate surface area is 119 Å². The van der Waals surface area contributed by atoms with Gasteiger partial charge in [-0.05, 0) is 24.7 Å². The van der Waals surface area contributed by atoms with Gasteiger partial charge in [-0.25, -0.2) is 13.2 Å². The van der Waals surface area contributed by atoms with Crippen molar-refractivity contribution in [2.24, 2.45) is 11.8 Å². The van der Waals surface area contributed by atoms with Crippen molar-refractivity contribution in [3.05, 3.63) is 0 Å². The molecule has 1 aliphatic heterocycles. The molecule has 3 amide bonds. The molecule has 1 heterocycles. The van der Waals surface area contributed by atoms with Gasteiger partial charge < -0.3 is 5.32 Å². The summed E-state index contributed by atoms with van der Waals surface area (Å²) in [7, 11) is -3.20. The predicted octanol–water partition coefficient (Wildman–Crippen LogP) is 0.778. The average Bonchev–Trinajstić information content (AvgIpc) is 2.56. The Morgan fingerprint density at radius 2 is 1.80 bits per heavy atom. The highest BCUT2D eigenvalue weighted by molar-refractivity contribution is 7.90. The van der Waals surface area contributed by atoms with Gasteiger partial charge in [-0.1, -0.05) is 20.3 Å². The van der Waals surface area contributed by atoms with Crippen LogP contribution in [0, 0.1) is 11.8 Å². The van der Waals surface area contributed by atoms with E-state index >= 15 is 0 Å². The monoisotopic (exact) mass is 302 g/mol. The van der Waals surface area contributed by atoms with Crippen molar-refractivity contribution in [3.8, 4) is 0 Å². The number of carbonyl (C=O) groups is 2. The number of urea groups is 1. The number of hydrogen-bond donors (Lipinski definition) is 1. The van der Waals surface area contributed by atoms with Crippen LogP contribution in [-0.4, -0.2) is 49.3 Å². The van der Waals surface area contributed by atoms with Crippen molar-refractivity contribution in [1.29, 1.82) is 0 Å². The van der Waals surface area contributed by atoms with Gasteiger partial charge in [0.15, 0.2) is 0 Å². The highest BCUT2D eigenvalue weighted by Gasteiger charge is 2.58. The lowest BCUT2D eigenvalue weighted by Crippen LogP contribution is -2.58. The molecule has 6 nitrogen and oxygen atoms in total. The number of rotatable bonds is 3. The number of carbonyl (C=O) groups excluding carboxylic acids is 2. The lowest BCUT2D eigenvalue weighted by atomic mass is 9.67. The zero-order chi connectivity index (χ0) is 15.1. The number of sulfone groups is 1. The van der Waals surface area contributed by atoms with Crippen LogP contribution in [0.4, 0.5) is 4.79 Å². The molecule has 0 aromatic heterocycles. The Balaban J connectivity index is 2.23.